The number of aromatic nitrogens is 2. The van der Waals surface area contributed by atoms with Crippen LogP contribution in [0.15, 0.2) is 6.20 Å². The molecule has 15 heavy (non-hydrogen) atoms. The van der Waals surface area contributed by atoms with Gasteiger partial charge in [-0.15, -0.1) is 0 Å². The van der Waals surface area contributed by atoms with Crippen molar-refractivity contribution < 1.29 is 9.53 Å². The Morgan fingerprint density at radius 2 is 2.53 bits per heavy atom. The Hall–Kier alpha value is -1.87. The second kappa shape index (κ2) is 5.12. The van der Waals surface area contributed by atoms with Gasteiger partial charge in [0.05, 0.1) is 12.3 Å². The average molecular weight is 208 g/mol. The fourth-order valence-electron chi connectivity index (χ4n) is 0.884. The third-order valence-corrected chi connectivity index (χ3v) is 1.57. The Labute approximate surface area is 87.2 Å². The molecule has 0 aliphatic heterocycles. The third kappa shape index (κ3) is 3.40. The molecule has 1 amide bonds. The van der Waals surface area contributed by atoms with Gasteiger partial charge in [-0.3, -0.25) is 9.89 Å². The highest BCUT2D eigenvalue weighted by atomic mass is 16.5. The van der Waals surface area contributed by atoms with Crippen molar-refractivity contribution in [1.82, 2.24) is 10.2 Å². The van der Waals surface area contributed by atoms with Crippen LogP contribution in [0.4, 0.5) is 5.82 Å². The topological polar surface area (TPSA) is 90.8 Å². The highest BCUT2D eigenvalue weighted by molar-refractivity contribution is 5.91. The summed E-state index contributed by atoms with van der Waals surface area (Å²) >= 11 is 0. The number of nitriles is 1. The molecule has 1 aromatic rings. The predicted octanol–water partition coefficient (Wildman–Crippen LogP) is 0.645. The number of H-pyrrole nitrogens is 1. The highest BCUT2D eigenvalue weighted by Gasteiger charge is 2.08. The summed E-state index contributed by atoms with van der Waals surface area (Å²) in [5.41, 5.74) is 0.299. The molecule has 0 atom stereocenters. The van der Waals surface area contributed by atoms with E-state index in [1.807, 2.05) is 19.9 Å². The molecule has 0 saturated carbocycles. The number of hydrogen-bond donors (Lipinski definition) is 2. The maximum Gasteiger partial charge on any atom is 0.251 e. The van der Waals surface area contributed by atoms with Gasteiger partial charge in [-0.2, -0.15) is 10.4 Å². The molecule has 0 aromatic carbocycles. The van der Waals surface area contributed by atoms with Gasteiger partial charge < -0.3 is 10.1 Å². The van der Waals surface area contributed by atoms with Crippen molar-refractivity contribution in [1.29, 1.82) is 5.26 Å². The summed E-state index contributed by atoms with van der Waals surface area (Å²) in [5, 5.41) is 17.3. The van der Waals surface area contributed by atoms with Gasteiger partial charge in [0.15, 0.2) is 0 Å². The summed E-state index contributed by atoms with van der Waals surface area (Å²) in [6, 6.07) is 1.90. The zero-order valence-corrected chi connectivity index (χ0v) is 8.57. The number of rotatable bonds is 4. The number of aromatic amines is 1. The van der Waals surface area contributed by atoms with Gasteiger partial charge in [-0.1, -0.05) is 0 Å². The second-order valence-electron chi connectivity index (χ2n) is 3.18. The van der Waals surface area contributed by atoms with Crippen molar-refractivity contribution in [3.8, 4) is 6.07 Å². The number of carbonyl (C=O) groups is 1. The number of nitrogens with zero attached hydrogens (tertiary/aromatic N) is 2. The van der Waals surface area contributed by atoms with Crippen LogP contribution < -0.4 is 5.32 Å². The fraction of sp³-hybridized carbons (Fsp3) is 0.444. The van der Waals surface area contributed by atoms with Gasteiger partial charge in [-0.25, -0.2) is 0 Å². The van der Waals surface area contributed by atoms with Crippen LogP contribution in [-0.4, -0.2) is 28.8 Å². The molecule has 1 rings (SSSR count). The number of anilines is 1. The standard InChI is InChI=1S/C9H12N4O2/c1-6(2)15-5-8(14)12-9-7(3-10)4-11-13-9/h4,6H,5H2,1-2H3,(H2,11,12,13,14). The first-order valence-electron chi connectivity index (χ1n) is 4.48. The summed E-state index contributed by atoms with van der Waals surface area (Å²) in [7, 11) is 0. The molecule has 0 bridgehead atoms. The normalized spacial score (nSPS) is 10.0. The monoisotopic (exact) mass is 208 g/mol. The molecule has 0 spiro atoms. The van der Waals surface area contributed by atoms with E-state index in [1.165, 1.54) is 6.20 Å². The molecular weight excluding hydrogens is 196 g/mol. The van der Waals surface area contributed by atoms with E-state index in [2.05, 4.69) is 15.5 Å². The van der Waals surface area contributed by atoms with E-state index in [0.29, 0.717) is 11.4 Å². The SMILES string of the molecule is CC(C)OCC(=O)Nc1[nH]ncc1C#N. The van der Waals surface area contributed by atoms with Crippen LogP contribution in [0.25, 0.3) is 0 Å². The molecule has 1 heterocycles. The minimum Gasteiger partial charge on any atom is -0.369 e. The van der Waals surface area contributed by atoms with Gasteiger partial charge in [0.1, 0.15) is 24.1 Å². The van der Waals surface area contributed by atoms with Crippen LogP contribution in [0.1, 0.15) is 19.4 Å². The number of nitrogens with one attached hydrogen (secondary N) is 2. The van der Waals surface area contributed by atoms with Crippen molar-refractivity contribution >= 4 is 11.7 Å². The van der Waals surface area contributed by atoms with E-state index < -0.39 is 0 Å². The number of carbonyl (C=O) groups excluding carboxylic acids is 1. The molecule has 80 valence electrons. The molecule has 0 fully saturated rings. The lowest BCUT2D eigenvalue weighted by molar-refractivity contribution is -0.121. The Morgan fingerprint density at radius 3 is 3.13 bits per heavy atom. The first-order valence-corrected chi connectivity index (χ1v) is 4.48. The van der Waals surface area contributed by atoms with E-state index in [1.54, 1.807) is 0 Å². The summed E-state index contributed by atoms with van der Waals surface area (Å²) in [5.74, 6) is -0.0145. The van der Waals surface area contributed by atoms with E-state index in [9.17, 15) is 4.79 Å². The average Bonchev–Trinajstić information content (AvgIpc) is 2.62. The quantitative estimate of drug-likeness (QED) is 0.759. The molecule has 6 nitrogen and oxygen atoms in total. The highest BCUT2D eigenvalue weighted by Crippen LogP contribution is 2.08. The second-order valence-corrected chi connectivity index (χ2v) is 3.18. The van der Waals surface area contributed by atoms with Gasteiger partial charge >= 0.3 is 0 Å². The van der Waals surface area contributed by atoms with E-state index in [4.69, 9.17) is 10.00 Å². The molecule has 6 heteroatoms. The molecular formula is C9H12N4O2. The lowest BCUT2D eigenvalue weighted by Crippen LogP contribution is -2.21. The third-order valence-electron chi connectivity index (χ3n) is 1.57. The number of ether oxygens (including phenoxy) is 1. The molecule has 2 N–H and O–H groups in total. The molecule has 0 radical (unpaired) electrons. The summed E-state index contributed by atoms with van der Waals surface area (Å²) in [6.07, 6.45) is 1.34. The van der Waals surface area contributed by atoms with Crippen molar-refractivity contribution in [3.63, 3.8) is 0 Å². The first kappa shape index (κ1) is 11.2. The maximum absolute atomic E-state index is 11.3. The summed E-state index contributed by atoms with van der Waals surface area (Å²) < 4.78 is 5.10. The number of hydrogen-bond acceptors (Lipinski definition) is 4. The Morgan fingerprint density at radius 1 is 1.80 bits per heavy atom. The van der Waals surface area contributed by atoms with Crippen LogP contribution in [0.2, 0.25) is 0 Å². The van der Waals surface area contributed by atoms with Crippen molar-refractivity contribution in [2.75, 3.05) is 11.9 Å². The number of amides is 1. The van der Waals surface area contributed by atoms with E-state index >= 15 is 0 Å². The van der Waals surface area contributed by atoms with Crippen LogP contribution in [0.3, 0.4) is 0 Å². The van der Waals surface area contributed by atoms with Gasteiger partial charge in [0, 0.05) is 0 Å². The van der Waals surface area contributed by atoms with Crippen LogP contribution in [-0.2, 0) is 9.53 Å². The largest absolute Gasteiger partial charge is 0.369 e. The summed E-state index contributed by atoms with van der Waals surface area (Å²) in [6.45, 7) is 3.63. The molecule has 0 aliphatic carbocycles. The first-order chi connectivity index (χ1) is 7.13. The van der Waals surface area contributed by atoms with Crippen molar-refractivity contribution in [2.45, 2.75) is 20.0 Å². The molecule has 0 aliphatic rings. The fourth-order valence-corrected chi connectivity index (χ4v) is 0.884. The van der Waals surface area contributed by atoms with Gasteiger partial charge in [0.2, 0.25) is 0 Å². The van der Waals surface area contributed by atoms with Gasteiger partial charge in [0.25, 0.3) is 5.91 Å². The van der Waals surface area contributed by atoms with Crippen molar-refractivity contribution in [3.05, 3.63) is 11.8 Å². The van der Waals surface area contributed by atoms with Crippen LogP contribution in [0.5, 0.6) is 0 Å². The minimum absolute atomic E-state index is 0.00652. The smallest absolute Gasteiger partial charge is 0.251 e. The molecule has 0 saturated heterocycles. The Kier molecular flexibility index (Phi) is 3.83. The van der Waals surface area contributed by atoms with Crippen LogP contribution >= 0.6 is 0 Å². The zero-order chi connectivity index (χ0) is 11.3. The molecule has 0 unspecified atom stereocenters. The van der Waals surface area contributed by atoms with Crippen molar-refractivity contribution in [2.24, 2.45) is 0 Å². The Bertz CT molecular complexity index is 378. The summed E-state index contributed by atoms with van der Waals surface area (Å²) in [4.78, 5) is 11.3. The minimum atomic E-state index is -0.315. The lowest BCUT2D eigenvalue weighted by Gasteiger charge is -2.06. The zero-order valence-electron chi connectivity index (χ0n) is 8.57. The maximum atomic E-state index is 11.3. The Balaban J connectivity index is 2.49. The molecule has 1 aromatic heterocycles. The van der Waals surface area contributed by atoms with E-state index in [0.717, 1.165) is 0 Å². The van der Waals surface area contributed by atoms with Crippen LogP contribution in [0, 0.1) is 11.3 Å². The predicted molar refractivity (Wildman–Crippen MR) is 53.0 cm³/mol. The van der Waals surface area contributed by atoms with Gasteiger partial charge in [-0.05, 0) is 13.8 Å². The lowest BCUT2D eigenvalue weighted by atomic mass is 10.3. The van der Waals surface area contributed by atoms with E-state index in [-0.39, 0.29) is 18.6 Å².